The van der Waals surface area contributed by atoms with Crippen molar-refractivity contribution in [3.8, 4) is 0 Å². The smallest absolute Gasteiger partial charge is 0.156 e. The Morgan fingerprint density at radius 2 is 2.08 bits per heavy atom. The molecule has 0 spiro atoms. The Hall–Kier alpha value is -1.41. The van der Waals surface area contributed by atoms with Gasteiger partial charge in [-0.25, -0.2) is 0 Å². The number of ketones is 1. The van der Waals surface area contributed by atoms with Crippen LogP contribution in [0.2, 0.25) is 0 Å². The molecule has 0 aromatic rings. The van der Waals surface area contributed by atoms with Crippen molar-refractivity contribution in [3.63, 3.8) is 0 Å². The molecule has 0 aromatic carbocycles. The molecule has 2 nitrogen and oxygen atoms in total. The Balaban J connectivity index is 1.79. The van der Waals surface area contributed by atoms with E-state index in [1.54, 1.807) is 0 Å². The van der Waals surface area contributed by atoms with Crippen molar-refractivity contribution in [3.05, 3.63) is 47.6 Å². The van der Waals surface area contributed by atoms with Gasteiger partial charge in [0.1, 0.15) is 0 Å². The monoisotopic (exact) mass is 324 g/mol. The summed E-state index contributed by atoms with van der Waals surface area (Å²) in [4.78, 5) is 11.8. The van der Waals surface area contributed by atoms with E-state index in [1.807, 2.05) is 25.2 Å². The first-order valence-electron chi connectivity index (χ1n) is 9.34. The van der Waals surface area contributed by atoms with Crippen molar-refractivity contribution in [1.29, 1.82) is 0 Å². The van der Waals surface area contributed by atoms with Gasteiger partial charge in [-0.05, 0) is 50.2 Å². The Morgan fingerprint density at radius 1 is 1.29 bits per heavy atom. The first-order chi connectivity index (χ1) is 11.3. The molecular formula is C22H28O2. The van der Waals surface area contributed by atoms with Gasteiger partial charge < -0.3 is 5.11 Å². The maximum Gasteiger partial charge on any atom is 0.156 e. The lowest BCUT2D eigenvalue weighted by molar-refractivity contribution is -0.115. The maximum absolute atomic E-state index is 11.8. The normalized spacial score (nSPS) is 47.1. The zero-order chi connectivity index (χ0) is 17.2. The molecule has 4 rings (SSSR count). The van der Waals surface area contributed by atoms with Crippen LogP contribution in [0.3, 0.4) is 0 Å². The van der Waals surface area contributed by atoms with E-state index in [2.05, 4.69) is 32.1 Å². The fraction of sp³-hybridized carbons (Fsp3) is 0.591. The van der Waals surface area contributed by atoms with E-state index in [0.717, 1.165) is 25.7 Å². The van der Waals surface area contributed by atoms with Crippen molar-refractivity contribution in [1.82, 2.24) is 0 Å². The first kappa shape index (κ1) is 16.1. The van der Waals surface area contributed by atoms with Gasteiger partial charge in [-0.3, -0.25) is 4.79 Å². The molecule has 0 bridgehead atoms. The topological polar surface area (TPSA) is 37.3 Å². The van der Waals surface area contributed by atoms with E-state index in [1.165, 1.54) is 11.1 Å². The van der Waals surface area contributed by atoms with Crippen LogP contribution in [0.25, 0.3) is 0 Å². The Labute approximate surface area is 145 Å². The van der Waals surface area contributed by atoms with E-state index >= 15 is 0 Å². The fourth-order valence-electron chi connectivity index (χ4n) is 5.93. The molecule has 24 heavy (non-hydrogen) atoms. The highest BCUT2D eigenvalue weighted by Gasteiger charge is 2.60. The maximum atomic E-state index is 11.8. The molecule has 1 fully saturated rings. The number of rotatable bonds is 1. The van der Waals surface area contributed by atoms with Crippen molar-refractivity contribution in [2.24, 2.45) is 22.7 Å². The molecule has 1 saturated carbocycles. The van der Waals surface area contributed by atoms with Crippen LogP contribution in [0, 0.1) is 22.7 Å². The third-order valence-electron chi connectivity index (χ3n) is 7.57. The molecular weight excluding hydrogens is 296 g/mol. The molecule has 1 N–H and O–H groups in total. The number of aliphatic hydroxyl groups is 1. The standard InChI is InChI=1S/C22H28O2/c1-4-10-22(24)13-9-19-17-6-5-15-14-16(23)7-11-20(15,2)18(17)8-12-21(19,22)3/h4-6,8,10,14,17,19,24H,7,9,11-13H2,1-3H3/b10-4-/t17?,19?,20-,21-,22?/m0/s1. The summed E-state index contributed by atoms with van der Waals surface area (Å²) in [6.45, 7) is 6.57. The third kappa shape index (κ3) is 1.89. The van der Waals surface area contributed by atoms with Crippen LogP contribution in [-0.2, 0) is 4.79 Å². The molecule has 0 aliphatic heterocycles. The second-order valence-corrected chi connectivity index (χ2v) is 8.63. The van der Waals surface area contributed by atoms with Gasteiger partial charge in [0.15, 0.2) is 5.78 Å². The van der Waals surface area contributed by atoms with Gasteiger partial charge in [0.2, 0.25) is 0 Å². The van der Waals surface area contributed by atoms with Crippen LogP contribution < -0.4 is 0 Å². The molecule has 4 aliphatic carbocycles. The zero-order valence-electron chi connectivity index (χ0n) is 15.0. The lowest BCUT2D eigenvalue weighted by atomic mass is 9.52. The van der Waals surface area contributed by atoms with Gasteiger partial charge in [-0.2, -0.15) is 0 Å². The van der Waals surface area contributed by atoms with Gasteiger partial charge >= 0.3 is 0 Å². The quantitative estimate of drug-likeness (QED) is 0.720. The van der Waals surface area contributed by atoms with Crippen LogP contribution in [0.15, 0.2) is 47.6 Å². The highest BCUT2D eigenvalue weighted by Crippen LogP contribution is 2.64. The second kappa shape index (κ2) is 5.05. The number of allylic oxidation sites excluding steroid dienone is 7. The highest BCUT2D eigenvalue weighted by atomic mass is 16.3. The SMILES string of the molecule is C/C=C\C1(O)CCC2C3C=CC4=CC(=O)CC[C@]4(C)C3=CC[C@@]21C. The zero-order valence-corrected chi connectivity index (χ0v) is 15.0. The van der Waals surface area contributed by atoms with Crippen molar-refractivity contribution >= 4 is 5.78 Å². The molecule has 2 heteroatoms. The summed E-state index contributed by atoms with van der Waals surface area (Å²) in [6, 6.07) is 0. The summed E-state index contributed by atoms with van der Waals surface area (Å²) in [7, 11) is 0. The van der Waals surface area contributed by atoms with Crippen molar-refractivity contribution < 1.29 is 9.90 Å². The molecule has 128 valence electrons. The van der Waals surface area contributed by atoms with Crippen LogP contribution in [0.1, 0.15) is 52.9 Å². The lowest BCUT2D eigenvalue weighted by Gasteiger charge is -2.52. The predicted molar refractivity (Wildman–Crippen MR) is 96.4 cm³/mol. The lowest BCUT2D eigenvalue weighted by Crippen LogP contribution is -2.49. The molecule has 0 saturated heterocycles. The van der Waals surface area contributed by atoms with Crippen LogP contribution in [0.5, 0.6) is 0 Å². The van der Waals surface area contributed by atoms with Gasteiger partial charge in [-0.15, -0.1) is 0 Å². The van der Waals surface area contributed by atoms with E-state index in [9.17, 15) is 9.90 Å². The van der Waals surface area contributed by atoms with E-state index < -0.39 is 5.60 Å². The summed E-state index contributed by atoms with van der Waals surface area (Å²) >= 11 is 0. The minimum absolute atomic E-state index is 0.00988. The van der Waals surface area contributed by atoms with E-state index in [-0.39, 0.29) is 16.6 Å². The number of fused-ring (bicyclic) bond motifs is 5. The van der Waals surface area contributed by atoms with Gasteiger partial charge in [-0.1, -0.05) is 49.8 Å². The number of carbonyl (C=O) groups excluding carboxylic acids is 1. The van der Waals surface area contributed by atoms with Gasteiger partial charge in [0.05, 0.1) is 5.60 Å². The molecule has 5 atom stereocenters. The molecule has 3 unspecified atom stereocenters. The van der Waals surface area contributed by atoms with E-state index in [0.29, 0.717) is 18.3 Å². The summed E-state index contributed by atoms with van der Waals surface area (Å²) in [5.74, 6) is 1.14. The summed E-state index contributed by atoms with van der Waals surface area (Å²) in [6.07, 6.45) is 17.2. The molecule has 0 aromatic heterocycles. The summed E-state index contributed by atoms with van der Waals surface area (Å²) < 4.78 is 0. The predicted octanol–water partition coefficient (Wildman–Crippen LogP) is 4.52. The molecule has 0 radical (unpaired) electrons. The first-order valence-corrected chi connectivity index (χ1v) is 9.34. The highest BCUT2D eigenvalue weighted by molar-refractivity contribution is 5.92. The summed E-state index contributed by atoms with van der Waals surface area (Å²) in [5, 5.41) is 11.3. The average Bonchev–Trinajstić information content (AvgIpc) is 2.80. The number of carbonyl (C=O) groups is 1. The molecule has 0 amide bonds. The van der Waals surface area contributed by atoms with E-state index in [4.69, 9.17) is 0 Å². The van der Waals surface area contributed by atoms with Crippen LogP contribution >= 0.6 is 0 Å². The minimum atomic E-state index is -0.693. The average molecular weight is 324 g/mol. The van der Waals surface area contributed by atoms with Crippen molar-refractivity contribution in [2.75, 3.05) is 0 Å². The largest absolute Gasteiger partial charge is 0.385 e. The fourth-order valence-corrected chi connectivity index (χ4v) is 5.93. The van der Waals surface area contributed by atoms with Gasteiger partial charge in [0.25, 0.3) is 0 Å². The Kier molecular flexibility index (Phi) is 3.38. The Bertz CT molecular complexity index is 709. The van der Waals surface area contributed by atoms with Crippen LogP contribution in [0.4, 0.5) is 0 Å². The third-order valence-corrected chi connectivity index (χ3v) is 7.57. The summed E-state index contributed by atoms with van der Waals surface area (Å²) in [5.41, 5.74) is 1.90. The number of hydrogen-bond donors (Lipinski definition) is 1. The minimum Gasteiger partial charge on any atom is -0.385 e. The Morgan fingerprint density at radius 3 is 2.83 bits per heavy atom. The number of hydrogen-bond acceptors (Lipinski definition) is 2. The van der Waals surface area contributed by atoms with Crippen molar-refractivity contribution in [2.45, 2.75) is 58.5 Å². The van der Waals surface area contributed by atoms with Gasteiger partial charge in [0, 0.05) is 23.2 Å². The second-order valence-electron chi connectivity index (χ2n) is 8.63. The van der Waals surface area contributed by atoms with Crippen LogP contribution in [-0.4, -0.2) is 16.5 Å². The molecule has 4 aliphatic rings. The molecule has 0 heterocycles.